The lowest BCUT2D eigenvalue weighted by Crippen LogP contribution is -2.11. The van der Waals surface area contributed by atoms with Crippen molar-refractivity contribution in [2.24, 2.45) is 0 Å². The summed E-state index contributed by atoms with van der Waals surface area (Å²) in [5, 5.41) is 8.77. The highest BCUT2D eigenvalue weighted by atomic mass is 16.5. The van der Waals surface area contributed by atoms with Crippen LogP contribution in [-0.2, 0) is 0 Å². The molecular formula is C18H13NO5. The van der Waals surface area contributed by atoms with E-state index in [0.717, 1.165) is 0 Å². The van der Waals surface area contributed by atoms with E-state index in [2.05, 4.69) is 0 Å². The number of methoxy groups -OCH3 is 2. The minimum absolute atomic E-state index is 0.142. The van der Waals surface area contributed by atoms with Crippen LogP contribution in [0.4, 0.5) is 0 Å². The molecule has 24 heavy (non-hydrogen) atoms. The van der Waals surface area contributed by atoms with Gasteiger partial charge in [0.15, 0.2) is 11.5 Å². The highest BCUT2D eigenvalue weighted by Gasteiger charge is 2.20. The topological polar surface area (TPSA) is 77.8 Å². The number of terminal acetylenes is 1. The van der Waals surface area contributed by atoms with Gasteiger partial charge in [-0.25, -0.2) is 4.79 Å². The Kier molecular flexibility index (Phi) is 5.28. The zero-order valence-corrected chi connectivity index (χ0v) is 13.0. The summed E-state index contributed by atoms with van der Waals surface area (Å²) in [5.74, 6) is 0.373. The van der Waals surface area contributed by atoms with Gasteiger partial charge in [-0.2, -0.15) is 5.26 Å². The number of ether oxygens (including phenoxy) is 4. The summed E-state index contributed by atoms with van der Waals surface area (Å²) in [4.78, 5) is 12.4. The van der Waals surface area contributed by atoms with Crippen LogP contribution >= 0.6 is 0 Å². The van der Waals surface area contributed by atoms with Crippen molar-refractivity contribution in [2.45, 2.75) is 0 Å². The van der Waals surface area contributed by atoms with Gasteiger partial charge in [0.05, 0.1) is 25.9 Å². The monoisotopic (exact) mass is 323 g/mol. The number of rotatable bonds is 5. The SMILES string of the molecule is C#COc1cc(OC)c(C(=O)Oc2ccc(C#N)cc2)cc1OC. The molecule has 0 unspecified atom stereocenters. The minimum atomic E-state index is -0.651. The second-order valence-electron chi connectivity index (χ2n) is 4.45. The van der Waals surface area contributed by atoms with Crippen LogP contribution in [-0.4, -0.2) is 20.2 Å². The molecule has 2 aromatic rings. The van der Waals surface area contributed by atoms with Gasteiger partial charge in [0, 0.05) is 12.1 Å². The second-order valence-corrected chi connectivity index (χ2v) is 4.45. The highest BCUT2D eigenvalue weighted by molar-refractivity contribution is 5.95. The van der Waals surface area contributed by atoms with Crippen LogP contribution in [0.1, 0.15) is 15.9 Å². The third kappa shape index (κ3) is 3.57. The fourth-order valence-corrected chi connectivity index (χ4v) is 1.93. The van der Waals surface area contributed by atoms with Gasteiger partial charge in [0.1, 0.15) is 23.2 Å². The molecule has 0 amide bonds. The highest BCUT2D eigenvalue weighted by Crippen LogP contribution is 2.35. The Morgan fingerprint density at radius 3 is 2.25 bits per heavy atom. The summed E-state index contributed by atoms with van der Waals surface area (Å²) in [6, 6.07) is 11.0. The van der Waals surface area contributed by atoms with Gasteiger partial charge in [0.2, 0.25) is 0 Å². The number of carbonyl (C=O) groups is 1. The number of nitriles is 1. The smallest absolute Gasteiger partial charge is 0.347 e. The molecule has 0 saturated heterocycles. The van der Waals surface area contributed by atoms with Gasteiger partial charge in [-0.1, -0.05) is 6.42 Å². The Hall–Kier alpha value is -3.64. The lowest BCUT2D eigenvalue weighted by Gasteiger charge is -2.12. The molecule has 0 aliphatic carbocycles. The van der Waals surface area contributed by atoms with Gasteiger partial charge in [0.25, 0.3) is 0 Å². The molecule has 0 bridgehead atoms. The van der Waals surface area contributed by atoms with Crippen LogP contribution in [0.25, 0.3) is 0 Å². The first-order valence-electron chi connectivity index (χ1n) is 6.73. The van der Waals surface area contributed by atoms with E-state index >= 15 is 0 Å². The van der Waals surface area contributed by atoms with Crippen LogP contribution in [0.5, 0.6) is 23.0 Å². The molecule has 0 atom stereocenters. The van der Waals surface area contributed by atoms with E-state index in [1.165, 1.54) is 38.5 Å². The molecule has 6 nitrogen and oxygen atoms in total. The van der Waals surface area contributed by atoms with E-state index in [4.69, 9.17) is 30.6 Å². The Morgan fingerprint density at radius 2 is 1.71 bits per heavy atom. The van der Waals surface area contributed by atoms with Crippen LogP contribution in [0, 0.1) is 23.9 Å². The van der Waals surface area contributed by atoms with E-state index in [1.54, 1.807) is 12.1 Å². The maximum atomic E-state index is 12.4. The standard InChI is InChI=1S/C18H13NO5/c1-4-23-17-10-15(21-2)14(9-16(17)22-3)18(20)24-13-7-5-12(11-19)6-8-13/h1,5-10H,2-3H3. The Morgan fingerprint density at radius 1 is 1.04 bits per heavy atom. The summed E-state index contributed by atoms with van der Waals surface area (Å²) in [7, 11) is 2.82. The van der Waals surface area contributed by atoms with E-state index in [0.29, 0.717) is 11.3 Å². The maximum absolute atomic E-state index is 12.4. The van der Waals surface area contributed by atoms with Crippen LogP contribution < -0.4 is 18.9 Å². The van der Waals surface area contributed by atoms with E-state index in [1.807, 2.05) is 12.2 Å². The lowest BCUT2D eigenvalue weighted by molar-refractivity contribution is 0.0731. The number of hydrogen-bond donors (Lipinski definition) is 0. The summed E-state index contributed by atoms with van der Waals surface area (Å²) in [6.07, 6.45) is 7.15. The van der Waals surface area contributed by atoms with Gasteiger partial charge >= 0.3 is 5.97 Å². The normalized spacial score (nSPS) is 9.33. The third-order valence-corrected chi connectivity index (χ3v) is 3.07. The van der Waals surface area contributed by atoms with Crippen molar-refractivity contribution in [3.05, 3.63) is 47.5 Å². The van der Waals surface area contributed by atoms with Crippen LogP contribution in [0.15, 0.2) is 36.4 Å². The minimum Gasteiger partial charge on any atom is -0.496 e. The molecule has 0 fully saturated rings. The van der Waals surface area contributed by atoms with Gasteiger partial charge in [-0.15, -0.1) is 0 Å². The Labute approximate surface area is 139 Å². The van der Waals surface area contributed by atoms with Crippen molar-refractivity contribution in [3.8, 4) is 41.6 Å². The van der Waals surface area contributed by atoms with Crippen LogP contribution in [0.2, 0.25) is 0 Å². The summed E-state index contributed by atoms with van der Waals surface area (Å²) in [6.45, 7) is 0. The van der Waals surface area contributed by atoms with E-state index < -0.39 is 5.97 Å². The first-order valence-corrected chi connectivity index (χ1v) is 6.73. The number of esters is 1. The van der Waals surface area contributed by atoms with Gasteiger partial charge in [-0.3, -0.25) is 0 Å². The molecule has 120 valence electrons. The summed E-state index contributed by atoms with van der Waals surface area (Å²) in [5.41, 5.74) is 0.605. The third-order valence-electron chi connectivity index (χ3n) is 3.07. The molecule has 0 radical (unpaired) electrons. The van der Waals surface area contributed by atoms with Crippen molar-refractivity contribution in [1.82, 2.24) is 0 Å². The quantitative estimate of drug-likeness (QED) is 0.478. The largest absolute Gasteiger partial charge is 0.496 e. The van der Waals surface area contributed by atoms with Crippen molar-refractivity contribution in [1.29, 1.82) is 5.26 Å². The average molecular weight is 323 g/mol. The molecule has 0 N–H and O–H groups in total. The van der Waals surface area contributed by atoms with Gasteiger partial charge < -0.3 is 18.9 Å². The number of carbonyl (C=O) groups excluding carboxylic acids is 1. The fraction of sp³-hybridized carbons (Fsp3) is 0.111. The van der Waals surface area contributed by atoms with Crippen LogP contribution in [0.3, 0.4) is 0 Å². The van der Waals surface area contributed by atoms with E-state index in [-0.39, 0.29) is 22.8 Å². The molecule has 0 spiro atoms. The predicted octanol–water partition coefficient (Wildman–Crippen LogP) is 2.76. The molecule has 0 heterocycles. The molecule has 2 aromatic carbocycles. The average Bonchev–Trinajstić information content (AvgIpc) is 2.62. The zero-order valence-electron chi connectivity index (χ0n) is 13.0. The molecule has 0 aromatic heterocycles. The van der Waals surface area contributed by atoms with Crippen molar-refractivity contribution >= 4 is 5.97 Å². The Balaban J connectivity index is 2.33. The molecule has 0 saturated carbocycles. The van der Waals surface area contributed by atoms with Gasteiger partial charge in [-0.05, 0) is 24.3 Å². The fourth-order valence-electron chi connectivity index (χ4n) is 1.93. The van der Waals surface area contributed by atoms with Crippen molar-refractivity contribution in [3.63, 3.8) is 0 Å². The first-order chi connectivity index (χ1) is 11.6. The molecule has 2 rings (SSSR count). The Bertz CT molecular complexity index is 828. The summed E-state index contributed by atoms with van der Waals surface area (Å²) >= 11 is 0. The first kappa shape index (κ1) is 16.7. The number of hydrogen-bond acceptors (Lipinski definition) is 6. The number of nitrogens with zero attached hydrogens (tertiary/aromatic N) is 1. The van der Waals surface area contributed by atoms with E-state index in [9.17, 15) is 4.79 Å². The maximum Gasteiger partial charge on any atom is 0.347 e. The van der Waals surface area contributed by atoms with Crippen molar-refractivity contribution < 1.29 is 23.7 Å². The predicted molar refractivity (Wildman–Crippen MR) is 85.1 cm³/mol. The van der Waals surface area contributed by atoms with Crippen molar-refractivity contribution in [2.75, 3.05) is 14.2 Å². The molecule has 0 aliphatic heterocycles. The number of benzene rings is 2. The zero-order chi connectivity index (χ0) is 17.5. The molecular weight excluding hydrogens is 310 g/mol. The lowest BCUT2D eigenvalue weighted by atomic mass is 10.1. The molecule has 6 heteroatoms. The summed E-state index contributed by atoms with van der Waals surface area (Å²) < 4.78 is 20.6. The molecule has 0 aliphatic rings. The second kappa shape index (κ2) is 7.57.